The van der Waals surface area contributed by atoms with Crippen LogP contribution in [-0.2, 0) is 14.3 Å². The van der Waals surface area contributed by atoms with E-state index in [9.17, 15) is 9.59 Å². The summed E-state index contributed by atoms with van der Waals surface area (Å²) in [6.45, 7) is 2.08. The predicted molar refractivity (Wildman–Crippen MR) is 105 cm³/mol. The number of ketones is 1. The Morgan fingerprint density at radius 3 is 2.72 bits per heavy atom. The number of hydrogen-bond acceptors (Lipinski definition) is 6. The fourth-order valence-electron chi connectivity index (χ4n) is 4.90. The molecule has 29 heavy (non-hydrogen) atoms. The third-order valence-electron chi connectivity index (χ3n) is 6.30. The fraction of sp³-hybridized carbons (Fsp3) is 0.478. The van der Waals surface area contributed by atoms with Crippen molar-refractivity contribution in [2.45, 2.75) is 63.9 Å². The largest absolute Gasteiger partial charge is 0.459 e. The van der Waals surface area contributed by atoms with Gasteiger partial charge in [-0.15, -0.1) is 0 Å². The second kappa shape index (κ2) is 7.25. The maximum atomic E-state index is 13.3. The molecule has 5 rings (SSSR count). The maximum absolute atomic E-state index is 13.3. The zero-order valence-corrected chi connectivity index (χ0v) is 16.6. The zero-order valence-electron chi connectivity index (χ0n) is 16.6. The molecule has 4 aliphatic rings. The lowest BCUT2D eigenvalue weighted by Crippen LogP contribution is -2.35. The summed E-state index contributed by atoms with van der Waals surface area (Å²) in [7, 11) is 0. The molecule has 2 heterocycles. The van der Waals surface area contributed by atoms with Gasteiger partial charge >= 0.3 is 5.97 Å². The van der Waals surface area contributed by atoms with Gasteiger partial charge in [0.15, 0.2) is 17.3 Å². The minimum absolute atomic E-state index is 0.0300. The number of esters is 1. The van der Waals surface area contributed by atoms with Crippen LogP contribution in [0.3, 0.4) is 0 Å². The van der Waals surface area contributed by atoms with Crippen molar-refractivity contribution in [2.75, 3.05) is 6.79 Å². The summed E-state index contributed by atoms with van der Waals surface area (Å²) >= 11 is 0. The summed E-state index contributed by atoms with van der Waals surface area (Å²) in [4.78, 5) is 26.2. The number of benzene rings is 1. The van der Waals surface area contributed by atoms with Crippen molar-refractivity contribution in [3.63, 3.8) is 0 Å². The Hall–Kier alpha value is -2.76. The molecule has 6 nitrogen and oxygen atoms in total. The van der Waals surface area contributed by atoms with Crippen LogP contribution >= 0.6 is 0 Å². The van der Waals surface area contributed by atoms with E-state index in [0.717, 1.165) is 55.5 Å². The Morgan fingerprint density at radius 1 is 1.10 bits per heavy atom. The molecule has 2 aliphatic heterocycles. The van der Waals surface area contributed by atoms with Crippen molar-refractivity contribution < 1.29 is 23.8 Å². The maximum Gasteiger partial charge on any atom is 0.337 e. The molecule has 0 bridgehead atoms. The number of fused-ring (bicyclic) bond motifs is 1. The highest BCUT2D eigenvalue weighted by molar-refractivity contribution is 6.03. The highest BCUT2D eigenvalue weighted by Gasteiger charge is 2.40. The van der Waals surface area contributed by atoms with Crippen LogP contribution in [0.25, 0.3) is 0 Å². The molecule has 0 unspecified atom stereocenters. The number of rotatable bonds is 3. The highest BCUT2D eigenvalue weighted by atomic mass is 16.7. The van der Waals surface area contributed by atoms with Gasteiger partial charge in [0.2, 0.25) is 6.79 Å². The van der Waals surface area contributed by atoms with Gasteiger partial charge in [-0.1, -0.05) is 6.07 Å². The molecule has 6 heteroatoms. The SMILES string of the molecule is CC1=C(C(=O)OC2CCCC2)[C@H](c2ccc3c(c2)OCO3)C2=C(CCCC2=O)N1. The number of hydrogen-bond donors (Lipinski definition) is 1. The van der Waals surface area contributed by atoms with Gasteiger partial charge in [-0.05, 0) is 63.1 Å². The fourth-order valence-corrected chi connectivity index (χ4v) is 4.90. The van der Waals surface area contributed by atoms with E-state index < -0.39 is 5.92 Å². The number of nitrogens with one attached hydrogen (secondary N) is 1. The number of Topliss-reactive ketones (excluding diaryl/α,β-unsaturated/α-hetero) is 1. The minimum Gasteiger partial charge on any atom is -0.459 e. The van der Waals surface area contributed by atoms with E-state index in [1.165, 1.54) is 0 Å². The average Bonchev–Trinajstić information content (AvgIpc) is 3.38. The summed E-state index contributed by atoms with van der Waals surface area (Å²) in [5, 5.41) is 3.34. The van der Waals surface area contributed by atoms with Gasteiger partial charge < -0.3 is 19.5 Å². The Morgan fingerprint density at radius 2 is 1.90 bits per heavy atom. The molecule has 0 spiro atoms. The number of ether oxygens (including phenoxy) is 3. The third kappa shape index (κ3) is 3.20. The quantitative estimate of drug-likeness (QED) is 0.784. The van der Waals surface area contributed by atoms with Gasteiger partial charge in [-0.3, -0.25) is 4.79 Å². The molecule has 0 aromatic heterocycles. The van der Waals surface area contributed by atoms with Crippen LogP contribution in [0.4, 0.5) is 0 Å². The van der Waals surface area contributed by atoms with Crippen molar-refractivity contribution in [1.82, 2.24) is 5.32 Å². The van der Waals surface area contributed by atoms with E-state index in [1.807, 2.05) is 25.1 Å². The van der Waals surface area contributed by atoms with Gasteiger partial charge in [0.25, 0.3) is 0 Å². The molecule has 0 saturated heterocycles. The summed E-state index contributed by atoms with van der Waals surface area (Å²) in [6, 6.07) is 5.66. The Kier molecular flexibility index (Phi) is 4.57. The molecular weight excluding hydrogens is 370 g/mol. The van der Waals surface area contributed by atoms with E-state index in [4.69, 9.17) is 14.2 Å². The molecule has 0 amide bonds. The minimum atomic E-state index is -0.442. The van der Waals surface area contributed by atoms with Crippen LogP contribution in [-0.4, -0.2) is 24.6 Å². The normalized spacial score (nSPS) is 23.9. The molecule has 1 N–H and O–H groups in total. The summed E-state index contributed by atoms with van der Waals surface area (Å²) in [5.74, 6) is 0.660. The molecular formula is C23H25NO5. The van der Waals surface area contributed by atoms with Crippen molar-refractivity contribution in [2.24, 2.45) is 0 Å². The zero-order chi connectivity index (χ0) is 20.0. The molecule has 1 aromatic rings. The molecule has 1 atom stereocenters. The molecule has 152 valence electrons. The van der Waals surface area contributed by atoms with Crippen LogP contribution in [0.5, 0.6) is 11.5 Å². The van der Waals surface area contributed by atoms with E-state index in [0.29, 0.717) is 29.1 Å². The van der Waals surface area contributed by atoms with Gasteiger partial charge in [0.05, 0.1) is 5.57 Å². The second-order valence-corrected chi connectivity index (χ2v) is 8.19. The number of allylic oxidation sites excluding steroid dienone is 3. The number of carbonyl (C=O) groups excluding carboxylic acids is 2. The monoisotopic (exact) mass is 395 g/mol. The smallest absolute Gasteiger partial charge is 0.337 e. The standard InChI is InChI=1S/C23H25NO5/c1-13-20(23(26)29-15-5-2-3-6-15)21(22-16(24-13)7-4-8-17(22)25)14-9-10-18-19(11-14)28-12-27-18/h9-11,15,21,24H,2-8,12H2,1H3/t21-/m0/s1. The first-order valence-corrected chi connectivity index (χ1v) is 10.5. The van der Waals surface area contributed by atoms with Crippen molar-refractivity contribution in [1.29, 1.82) is 0 Å². The van der Waals surface area contributed by atoms with E-state index in [1.54, 1.807) is 0 Å². The Bertz CT molecular complexity index is 939. The molecule has 1 saturated carbocycles. The molecule has 1 fully saturated rings. The number of carbonyl (C=O) groups is 2. The van der Waals surface area contributed by atoms with Crippen LogP contribution < -0.4 is 14.8 Å². The van der Waals surface area contributed by atoms with E-state index in [-0.39, 0.29) is 24.6 Å². The third-order valence-corrected chi connectivity index (χ3v) is 6.30. The summed E-state index contributed by atoms with van der Waals surface area (Å²) < 4.78 is 16.8. The summed E-state index contributed by atoms with van der Waals surface area (Å²) in [6.07, 6.45) is 6.11. The summed E-state index contributed by atoms with van der Waals surface area (Å²) in [5.41, 5.74) is 3.78. The lowest BCUT2D eigenvalue weighted by atomic mass is 9.75. The van der Waals surface area contributed by atoms with Crippen LogP contribution in [0.1, 0.15) is 63.4 Å². The lowest BCUT2D eigenvalue weighted by molar-refractivity contribution is -0.144. The van der Waals surface area contributed by atoms with Gasteiger partial charge in [-0.25, -0.2) is 4.79 Å². The first-order chi connectivity index (χ1) is 14.1. The Labute approximate surface area is 169 Å². The lowest BCUT2D eigenvalue weighted by Gasteiger charge is -2.34. The highest BCUT2D eigenvalue weighted by Crippen LogP contribution is 2.45. The van der Waals surface area contributed by atoms with Crippen molar-refractivity contribution in [3.05, 3.63) is 46.3 Å². The number of dihydropyridines is 1. The van der Waals surface area contributed by atoms with Crippen molar-refractivity contribution >= 4 is 11.8 Å². The topological polar surface area (TPSA) is 73.9 Å². The van der Waals surface area contributed by atoms with Crippen LogP contribution in [0.2, 0.25) is 0 Å². The van der Waals surface area contributed by atoms with Crippen LogP contribution in [0, 0.1) is 0 Å². The van der Waals surface area contributed by atoms with Crippen molar-refractivity contribution in [3.8, 4) is 11.5 Å². The van der Waals surface area contributed by atoms with E-state index in [2.05, 4.69) is 5.32 Å². The first kappa shape index (κ1) is 18.3. The molecule has 2 aliphatic carbocycles. The van der Waals surface area contributed by atoms with Crippen LogP contribution in [0.15, 0.2) is 40.7 Å². The second-order valence-electron chi connectivity index (χ2n) is 8.19. The Balaban J connectivity index is 1.58. The van der Waals surface area contributed by atoms with E-state index >= 15 is 0 Å². The first-order valence-electron chi connectivity index (χ1n) is 10.5. The van der Waals surface area contributed by atoms with Gasteiger partial charge in [0.1, 0.15) is 6.10 Å². The average molecular weight is 395 g/mol. The molecule has 1 aromatic carbocycles. The predicted octanol–water partition coefficient (Wildman–Crippen LogP) is 3.87. The van der Waals surface area contributed by atoms with Gasteiger partial charge in [0, 0.05) is 29.3 Å². The van der Waals surface area contributed by atoms with Gasteiger partial charge in [-0.2, -0.15) is 0 Å². The molecule has 0 radical (unpaired) electrons.